The SMILES string of the molecule is Cc1ccc(N)c(C(=O)N[C@H](C)c2ccccc2Cl)c1. The number of carbonyl (C=O) groups is 1. The van der Waals surface area contributed by atoms with Crippen LogP contribution < -0.4 is 11.1 Å². The van der Waals surface area contributed by atoms with Gasteiger partial charge in [-0.25, -0.2) is 0 Å². The molecule has 0 aliphatic heterocycles. The number of amides is 1. The molecule has 0 aliphatic rings. The van der Waals surface area contributed by atoms with E-state index in [-0.39, 0.29) is 11.9 Å². The van der Waals surface area contributed by atoms with Gasteiger partial charge < -0.3 is 11.1 Å². The normalized spacial score (nSPS) is 11.9. The smallest absolute Gasteiger partial charge is 0.253 e. The molecule has 1 amide bonds. The Hall–Kier alpha value is -2.00. The van der Waals surface area contributed by atoms with E-state index in [1.165, 1.54) is 0 Å². The zero-order valence-corrected chi connectivity index (χ0v) is 12.2. The average Bonchev–Trinajstić information content (AvgIpc) is 2.41. The Bertz CT molecular complexity index is 640. The largest absolute Gasteiger partial charge is 0.398 e. The Labute approximate surface area is 123 Å². The number of carbonyl (C=O) groups excluding carboxylic acids is 1. The number of hydrogen-bond acceptors (Lipinski definition) is 2. The van der Waals surface area contributed by atoms with Crippen LogP contribution in [0.1, 0.15) is 34.5 Å². The van der Waals surface area contributed by atoms with Gasteiger partial charge in [-0.3, -0.25) is 4.79 Å². The van der Waals surface area contributed by atoms with Crippen LogP contribution in [0.3, 0.4) is 0 Å². The van der Waals surface area contributed by atoms with E-state index in [1.54, 1.807) is 18.2 Å². The third kappa shape index (κ3) is 3.11. The fraction of sp³-hybridized carbons (Fsp3) is 0.188. The zero-order chi connectivity index (χ0) is 14.7. The lowest BCUT2D eigenvalue weighted by atomic mass is 10.1. The van der Waals surface area contributed by atoms with Gasteiger partial charge in [0.2, 0.25) is 0 Å². The van der Waals surface area contributed by atoms with Crippen LogP contribution in [0.5, 0.6) is 0 Å². The highest BCUT2D eigenvalue weighted by molar-refractivity contribution is 6.31. The van der Waals surface area contributed by atoms with Crippen LogP contribution in [-0.2, 0) is 0 Å². The molecule has 1 atom stereocenters. The lowest BCUT2D eigenvalue weighted by Crippen LogP contribution is -2.27. The summed E-state index contributed by atoms with van der Waals surface area (Å²) < 4.78 is 0. The minimum absolute atomic E-state index is 0.184. The fourth-order valence-electron chi connectivity index (χ4n) is 2.05. The Morgan fingerprint density at radius 2 is 1.95 bits per heavy atom. The quantitative estimate of drug-likeness (QED) is 0.846. The standard InChI is InChI=1S/C16H17ClN2O/c1-10-7-8-15(18)13(9-10)16(20)19-11(2)12-5-3-4-6-14(12)17/h3-9,11H,18H2,1-2H3,(H,19,20)/t11-/m1/s1. The third-order valence-electron chi connectivity index (χ3n) is 3.17. The van der Waals surface area contributed by atoms with Gasteiger partial charge >= 0.3 is 0 Å². The van der Waals surface area contributed by atoms with E-state index < -0.39 is 0 Å². The van der Waals surface area contributed by atoms with E-state index in [4.69, 9.17) is 17.3 Å². The van der Waals surface area contributed by atoms with Gasteiger partial charge in [0.25, 0.3) is 5.91 Å². The van der Waals surface area contributed by atoms with Gasteiger partial charge in [-0.2, -0.15) is 0 Å². The molecule has 0 saturated heterocycles. The summed E-state index contributed by atoms with van der Waals surface area (Å²) in [5, 5.41) is 3.55. The summed E-state index contributed by atoms with van der Waals surface area (Å²) in [5.74, 6) is -0.196. The van der Waals surface area contributed by atoms with Gasteiger partial charge in [-0.1, -0.05) is 41.4 Å². The summed E-state index contributed by atoms with van der Waals surface area (Å²) in [6, 6.07) is 12.7. The van der Waals surface area contributed by atoms with Crippen molar-refractivity contribution in [2.45, 2.75) is 19.9 Å². The Balaban J connectivity index is 2.20. The lowest BCUT2D eigenvalue weighted by Gasteiger charge is -2.16. The first-order chi connectivity index (χ1) is 9.49. The second kappa shape index (κ2) is 5.97. The molecule has 104 valence electrons. The molecule has 2 aromatic rings. The van der Waals surface area contributed by atoms with E-state index in [9.17, 15) is 4.79 Å². The van der Waals surface area contributed by atoms with E-state index in [2.05, 4.69) is 5.32 Å². The van der Waals surface area contributed by atoms with Crippen molar-refractivity contribution in [3.63, 3.8) is 0 Å². The highest BCUT2D eigenvalue weighted by Crippen LogP contribution is 2.23. The van der Waals surface area contributed by atoms with E-state index >= 15 is 0 Å². The van der Waals surface area contributed by atoms with Crippen LogP contribution in [0, 0.1) is 6.92 Å². The van der Waals surface area contributed by atoms with Crippen molar-refractivity contribution in [2.75, 3.05) is 5.73 Å². The van der Waals surface area contributed by atoms with Crippen molar-refractivity contribution >= 4 is 23.2 Å². The number of anilines is 1. The summed E-state index contributed by atoms with van der Waals surface area (Å²) in [7, 11) is 0. The summed E-state index contributed by atoms with van der Waals surface area (Å²) >= 11 is 6.13. The van der Waals surface area contributed by atoms with E-state index in [0.29, 0.717) is 16.3 Å². The molecular weight excluding hydrogens is 272 g/mol. The molecule has 3 nitrogen and oxygen atoms in total. The topological polar surface area (TPSA) is 55.1 Å². The predicted molar refractivity (Wildman–Crippen MR) is 82.9 cm³/mol. The number of halogens is 1. The number of nitrogens with one attached hydrogen (secondary N) is 1. The molecule has 0 saturated carbocycles. The van der Waals surface area contributed by atoms with Crippen LogP contribution in [-0.4, -0.2) is 5.91 Å². The molecule has 0 heterocycles. The summed E-state index contributed by atoms with van der Waals surface area (Å²) in [6.07, 6.45) is 0. The van der Waals surface area contributed by atoms with Crippen molar-refractivity contribution in [3.05, 3.63) is 64.2 Å². The Morgan fingerprint density at radius 3 is 2.65 bits per heavy atom. The van der Waals surface area contributed by atoms with Crippen molar-refractivity contribution in [1.82, 2.24) is 5.32 Å². The van der Waals surface area contributed by atoms with E-state index in [0.717, 1.165) is 11.1 Å². The number of hydrogen-bond donors (Lipinski definition) is 2. The van der Waals surface area contributed by atoms with Crippen molar-refractivity contribution in [1.29, 1.82) is 0 Å². The first-order valence-corrected chi connectivity index (χ1v) is 6.78. The van der Waals surface area contributed by atoms with Crippen molar-refractivity contribution in [3.8, 4) is 0 Å². The summed E-state index contributed by atoms with van der Waals surface area (Å²) in [6.45, 7) is 3.82. The van der Waals surface area contributed by atoms with Crippen LogP contribution >= 0.6 is 11.6 Å². The van der Waals surface area contributed by atoms with Gasteiger partial charge in [-0.15, -0.1) is 0 Å². The van der Waals surface area contributed by atoms with Gasteiger partial charge in [0.15, 0.2) is 0 Å². The highest BCUT2D eigenvalue weighted by Gasteiger charge is 2.15. The molecule has 20 heavy (non-hydrogen) atoms. The molecule has 0 unspecified atom stereocenters. The second-order valence-electron chi connectivity index (χ2n) is 4.81. The molecular formula is C16H17ClN2O. The molecule has 0 bridgehead atoms. The molecule has 0 aromatic heterocycles. The minimum atomic E-state index is -0.196. The molecule has 2 aromatic carbocycles. The molecule has 2 rings (SSSR count). The molecule has 0 spiro atoms. The molecule has 3 N–H and O–H groups in total. The molecule has 0 fully saturated rings. The Morgan fingerprint density at radius 1 is 1.25 bits per heavy atom. The van der Waals surface area contributed by atoms with Crippen LogP contribution in [0.2, 0.25) is 5.02 Å². The third-order valence-corrected chi connectivity index (χ3v) is 3.52. The molecule has 4 heteroatoms. The van der Waals surface area contributed by atoms with Crippen LogP contribution in [0.4, 0.5) is 5.69 Å². The highest BCUT2D eigenvalue weighted by atomic mass is 35.5. The van der Waals surface area contributed by atoms with Crippen molar-refractivity contribution < 1.29 is 4.79 Å². The maximum Gasteiger partial charge on any atom is 0.253 e. The maximum atomic E-state index is 12.3. The maximum absolute atomic E-state index is 12.3. The van der Waals surface area contributed by atoms with Gasteiger partial charge in [0.1, 0.15) is 0 Å². The monoisotopic (exact) mass is 288 g/mol. The van der Waals surface area contributed by atoms with Crippen molar-refractivity contribution in [2.24, 2.45) is 0 Å². The number of nitrogens with two attached hydrogens (primary N) is 1. The zero-order valence-electron chi connectivity index (χ0n) is 11.5. The summed E-state index contributed by atoms with van der Waals surface area (Å²) in [5.41, 5.74) is 8.69. The molecule has 0 radical (unpaired) electrons. The fourth-order valence-corrected chi connectivity index (χ4v) is 2.34. The van der Waals surface area contributed by atoms with Gasteiger partial charge in [-0.05, 0) is 37.6 Å². The summed E-state index contributed by atoms with van der Waals surface area (Å²) in [4.78, 5) is 12.3. The average molecular weight is 289 g/mol. The number of nitrogen functional groups attached to an aromatic ring is 1. The minimum Gasteiger partial charge on any atom is -0.398 e. The number of benzene rings is 2. The number of aryl methyl sites for hydroxylation is 1. The molecule has 0 aliphatic carbocycles. The first-order valence-electron chi connectivity index (χ1n) is 6.40. The Kier molecular flexibility index (Phi) is 4.30. The predicted octanol–water partition coefficient (Wildman–Crippen LogP) is 3.72. The number of rotatable bonds is 3. The second-order valence-corrected chi connectivity index (χ2v) is 5.21. The van der Waals surface area contributed by atoms with Crippen LogP contribution in [0.15, 0.2) is 42.5 Å². The first kappa shape index (κ1) is 14.4. The van der Waals surface area contributed by atoms with Gasteiger partial charge in [0.05, 0.1) is 11.6 Å². The van der Waals surface area contributed by atoms with Gasteiger partial charge in [0, 0.05) is 10.7 Å². The lowest BCUT2D eigenvalue weighted by molar-refractivity contribution is 0.0940. The van der Waals surface area contributed by atoms with E-state index in [1.807, 2.05) is 38.1 Å². The van der Waals surface area contributed by atoms with Crippen LogP contribution in [0.25, 0.3) is 0 Å².